The van der Waals surface area contributed by atoms with Crippen LogP contribution in [0.1, 0.15) is 12.8 Å². The molecule has 0 radical (unpaired) electrons. The molecule has 8 heteroatoms. The Kier molecular flexibility index (Phi) is 3.98. The number of pyridine rings is 1. The minimum atomic E-state index is -0.545. The van der Waals surface area contributed by atoms with Crippen LogP contribution in [0, 0.1) is 16.0 Å². The molecule has 0 spiro atoms. The number of nitrogens with two attached hydrogens (primary N) is 1. The van der Waals surface area contributed by atoms with Crippen LogP contribution in [0.5, 0.6) is 0 Å². The van der Waals surface area contributed by atoms with E-state index in [2.05, 4.69) is 20.9 Å². The maximum Gasteiger partial charge on any atom is 0.377 e. The van der Waals surface area contributed by atoms with E-state index in [1.165, 1.54) is 6.20 Å². The third-order valence-corrected chi connectivity index (χ3v) is 3.75. The van der Waals surface area contributed by atoms with Crippen molar-refractivity contribution in [3.8, 4) is 0 Å². The van der Waals surface area contributed by atoms with Gasteiger partial charge in [-0.1, -0.05) is 0 Å². The molecule has 1 aromatic rings. The zero-order chi connectivity index (χ0) is 14.0. The predicted octanol–water partition coefficient (Wildman–Crippen LogP) is 1.45. The first-order valence-electron chi connectivity index (χ1n) is 5.83. The van der Waals surface area contributed by atoms with Crippen LogP contribution in [0.25, 0.3) is 0 Å². The van der Waals surface area contributed by atoms with Crippen LogP contribution in [0.15, 0.2) is 16.7 Å². The lowest BCUT2D eigenvalue weighted by molar-refractivity contribution is -0.390. The second kappa shape index (κ2) is 5.52. The van der Waals surface area contributed by atoms with Gasteiger partial charge in [-0.3, -0.25) is 4.79 Å². The molecular formula is C11H13BrN4O3. The first-order valence-corrected chi connectivity index (χ1v) is 6.62. The molecule has 1 saturated heterocycles. The summed E-state index contributed by atoms with van der Waals surface area (Å²) in [6.45, 7) is 1.32. The number of hydrogen-bond acceptors (Lipinski definition) is 5. The smallest absolute Gasteiger partial charge is 0.369 e. The van der Waals surface area contributed by atoms with Gasteiger partial charge in [0.15, 0.2) is 6.20 Å². The minimum Gasteiger partial charge on any atom is -0.369 e. The topological polar surface area (TPSA) is 102 Å². The number of nitro groups is 1. The Morgan fingerprint density at radius 2 is 2.37 bits per heavy atom. The second-order valence-electron chi connectivity index (χ2n) is 4.44. The summed E-state index contributed by atoms with van der Waals surface area (Å²) in [6.07, 6.45) is 3.10. The molecule has 19 heavy (non-hydrogen) atoms. The zero-order valence-electron chi connectivity index (χ0n) is 10.1. The molecule has 0 aliphatic carbocycles. The number of carbonyl (C=O) groups excluding carboxylic acids is 1. The van der Waals surface area contributed by atoms with E-state index >= 15 is 0 Å². The quantitative estimate of drug-likeness (QED) is 0.668. The Hall–Kier alpha value is -1.70. The standard InChI is InChI=1S/C11H13BrN4O3/c12-9-4-8(5-14-11(9)16(18)19)15-3-1-2-7(6-15)10(13)17/h4-5,7H,1-3,6H2,(H2,13,17)/t7-/m0/s1. The number of primary amides is 1. The van der Waals surface area contributed by atoms with Gasteiger partial charge in [0.25, 0.3) is 0 Å². The Morgan fingerprint density at radius 1 is 1.63 bits per heavy atom. The molecule has 0 saturated carbocycles. The molecule has 1 aromatic heterocycles. The van der Waals surface area contributed by atoms with E-state index in [-0.39, 0.29) is 17.6 Å². The number of amides is 1. The summed E-state index contributed by atoms with van der Waals surface area (Å²) < 4.78 is 0.330. The van der Waals surface area contributed by atoms with Crippen molar-refractivity contribution in [1.29, 1.82) is 0 Å². The SMILES string of the molecule is NC(=O)[C@H]1CCCN(c2cnc([N+](=O)[O-])c(Br)c2)C1. The monoisotopic (exact) mass is 328 g/mol. The zero-order valence-corrected chi connectivity index (χ0v) is 11.7. The molecular weight excluding hydrogens is 316 g/mol. The van der Waals surface area contributed by atoms with Crippen LogP contribution in [0.2, 0.25) is 0 Å². The van der Waals surface area contributed by atoms with E-state index in [0.29, 0.717) is 11.0 Å². The van der Waals surface area contributed by atoms with Gasteiger partial charge < -0.3 is 20.7 Å². The van der Waals surface area contributed by atoms with Gasteiger partial charge in [-0.25, -0.2) is 0 Å². The van der Waals surface area contributed by atoms with Crippen molar-refractivity contribution in [2.24, 2.45) is 11.7 Å². The van der Waals surface area contributed by atoms with Gasteiger partial charge in [-0.05, 0) is 44.7 Å². The van der Waals surface area contributed by atoms with Gasteiger partial charge in [-0.15, -0.1) is 0 Å². The van der Waals surface area contributed by atoms with E-state index in [1.807, 2.05) is 4.90 Å². The molecule has 2 rings (SSSR count). The summed E-state index contributed by atoms with van der Waals surface area (Å²) in [5, 5.41) is 10.7. The molecule has 0 aromatic carbocycles. The Morgan fingerprint density at radius 3 is 2.95 bits per heavy atom. The highest BCUT2D eigenvalue weighted by atomic mass is 79.9. The molecule has 1 aliphatic heterocycles. The summed E-state index contributed by atoms with van der Waals surface area (Å²) in [4.78, 5) is 27.2. The van der Waals surface area contributed by atoms with Crippen LogP contribution in [0.4, 0.5) is 11.5 Å². The lowest BCUT2D eigenvalue weighted by atomic mass is 9.97. The van der Waals surface area contributed by atoms with E-state index in [0.717, 1.165) is 25.1 Å². The number of hydrogen-bond donors (Lipinski definition) is 1. The maximum absolute atomic E-state index is 11.2. The fraction of sp³-hybridized carbons (Fsp3) is 0.455. The molecule has 2 N–H and O–H groups in total. The fourth-order valence-electron chi connectivity index (χ4n) is 2.17. The number of rotatable bonds is 3. The molecule has 2 heterocycles. The number of anilines is 1. The van der Waals surface area contributed by atoms with E-state index < -0.39 is 4.92 Å². The van der Waals surface area contributed by atoms with Gasteiger partial charge in [0.1, 0.15) is 4.47 Å². The highest BCUT2D eigenvalue weighted by molar-refractivity contribution is 9.10. The Balaban J connectivity index is 2.20. The predicted molar refractivity (Wildman–Crippen MR) is 72.7 cm³/mol. The van der Waals surface area contributed by atoms with E-state index in [1.54, 1.807) is 6.07 Å². The van der Waals surface area contributed by atoms with Crippen molar-refractivity contribution in [2.75, 3.05) is 18.0 Å². The van der Waals surface area contributed by atoms with E-state index in [4.69, 9.17) is 5.73 Å². The lowest BCUT2D eigenvalue weighted by Crippen LogP contribution is -2.41. The first-order chi connectivity index (χ1) is 8.99. The minimum absolute atomic E-state index is 0.178. The normalized spacial score (nSPS) is 19.2. The average molecular weight is 329 g/mol. The number of piperidine rings is 1. The van der Waals surface area contributed by atoms with Crippen molar-refractivity contribution >= 4 is 33.3 Å². The molecule has 1 atom stereocenters. The maximum atomic E-state index is 11.2. The third-order valence-electron chi connectivity index (χ3n) is 3.17. The van der Waals surface area contributed by atoms with E-state index in [9.17, 15) is 14.9 Å². The van der Waals surface area contributed by atoms with Crippen LogP contribution >= 0.6 is 15.9 Å². The highest BCUT2D eigenvalue weighted by Crippen LogP contribution is 2.29. The van der Waals surface area contributed by atoms with Crippen molar-refractivity contribution in [2.45, 2.75) is 12.8 Å². The largest absolute Gasteiger partial charge is 0.377 e. The summed E-state index contributed by atoms with van der Waals surface area (Å²) >= 11 is 3.14. The molecule has 1 amide bonds. The van der Waals surface area contributed by atoms with Gasteiger partial charge in [-0.2, -0.15) is 0 Å². The molecule has 1 aliphatic rings. The summed E-state index contributed by atoms with van der Waals surface area (Å²) in [5.74, 6) is -0.700. The van der Waals surface area contributed by atoms with Crippen LogP contribution < -0.4 is 10.6 Å². The number of nitrogens with zero attached hydrogens (tertiary/aromatic N) is 3. The van der Waals surface area contributed by atoms with Gasteiger partial charge in [0.2, 0.25) is 5.91 Å². The lowest BCUT2D eigenvalue weighted by Gasteiger charge is -2.32. The summed E-state index contributed by atoms with van der Waals surface area (Å²) in [6, 6.07) is 1.65. The first kappa shape index (κ1) is 13.7. The number of aromatic nitrogens is 1. The van der Waals surface area contributed by atoms with Crippen molar-refractivity contribution in [3.63, 3.8) is 0 Å². The van der Waals surface area contributed by atoms with Gasteiger partial charge in [0.05, 0.1) is 11.6 Å². The fourth-order valence-corrected chi connectivity index (χ4v) is 2.65. The molecule has 0 bridgehead atoms. The average Bonchev–Trinajstić information content (AvgIpc) is 2.38. The van der Waals surface area contributed by atoms with Gasteiger partial charge in [0, 0.05) is 13.1 Å². The molecule has 1 fully saturated rings. The van der Waals surface area contributed by atoms with Crippen molar-refractivity contribution in [1.82, 2.24) is 4.98 Å². The number of carbonyl (C=O) groups is 1. The third kappa shape index (κ3) is 3.01. The second-order valence-corrected chi connectivity index (χ2v) is 5.30. The van der Waals surface area contributed by atoms with Crippen LogP contribution in [-0.2, 0) is 4.79 Å². The summed E-state index contributed by atoms with van der Waals surface area (Å²) in [7, 11) is 0. The van der Waals surface area contributed by atoms with Crippen molar-refractivity contribution in [3.05, 3.63) is 26.9 Å². The van der Waals surface area contributed by atoms with Gasteiger partial charge >= 0.3 is 5.82 Å². The molecule has 0 unspecified atom stereocenters. The molecule has 102 valence electrons. The Labute approximate surface area is 118 Å². The van der Waals surface area contributed by atoms with Crippen LogP contribution in [0.3, 0.4) is 0 Å². The van der Waals surface area contributed by atoms with Crippen LogP contribution in [-0.4, -0.2) is 28.9 Å². The summed E-state index contributed by atoms with van der Waals surface area (Å²) in [5.41, 5.74) is 6.07. The highest BCUT2D eigenvalue weighted by Gasteiger charge is 2.26. The molecule has 7 nitrogen and oxygen atoms in total. The number of halogens is 1. The van der Waals surface area contributed by atoms with Crippen molar-refractivity contribution < 1.29 is 9.72 Å². The Bertz CT molecular complexity index is 523.